The van der Waals surface area contributed by atoms with E-state index in [0.29, 0.717) is 29.6 Å². The molecule has 2 N–H and O–H groups in total. The molecule has 0 atom stereocenters. The Morgan fingerprint density at radius 1 is 1.13 bits per heavy atom. The number of hydrogen-bond donors (Lipinski definition) is 1. The van der Waals surface area contributed by atoms with Gasteiger partial charge in [-0.25, -0.2) is 9.97 Å². The van der Waals surface area contributed by atoms with Crippen molar-refractivity contribution in [1.29, 1.82) is 0 Å². The van der Waals surface area contributed by atoms with E-state index in [1.54, 1.807) is 0 Å². The van der Waals surface area contributed by atoms with E-state index in [2.05, 4.69) is 9.88 Å². The second-order valence-electron chi connectivity index (χ2n) is 8.20. The Morgan fingerprint density at radius 2 is 1.90 bits per heavy atom. The molecule has 6 heteroatoms. The van der Waals surface area contributed by atoms with Crippen molar-refractivity contribution >= 4 is 16.9 Å². The predicted octanol–water partition coefficient (Wildman–Crippen LogP) is 4.01. The van der Waals surface area contributed by atoms with Crippen LogP contribution in [0.2, 0.25) is 0 Å². The first-order valence-corrected chi connectivity index (χ1v) is 10.4. The van der Waals surface area contributed by atoms with Gasteiger partial charge < -0.3 is 10.2 Å². The van der Waals surface area contributed by atoms with Crippen LogP contribution in [-0.2, 0) is 19.5 Å². The van der Waals surface area contributed by atoms with Gasteiger partial charge in [0.25, 0.3) is 0 Å². The van der Waals surface area contributed by atoms with E-state index >= 15 is 0 Å². The zero-order valence-electron chi connectivity index (χ0n) is 17.7. The van der Waals surface area contributed by atoms with Gasteiger partial charge in [0.15, 0.2) is 17.1 Å². The first kappa shape index (κ1) is 19.5. The van der Waals surface area contributed by atoms with E-state index in [9.17, 15) is 4.79 Å². The Morgan fingerprint density at radius 3 is 2.71 bits per heavy atom. The highest BCUT2D eigenvalue weighted by Crippen LogP contribution is 2.25. The third kappa shape index (κ3) is 3.59. The molecule has 156 valence electrons. The van der Waals surface area contributed by atoms with Gasteiger partial charge in [0, 0.05) is 43.4 Å². The average molecular weight is 412 g/mol. The lowest BCUT2D eigenvalue weighted by molar-refractivity contribution is 0.241. The maximum Gasteiger partial charge on any atom is 0.199 e. The fourth-order valence-corrected chi connectivity index (χ4v) is 4.12. The molecule has 3 heterocycles. The summed E-state index contributed by atoms with van der Waals surface area (Å²) in [5, 5.41) is 0.584. The summed E-state index contributed by atoms with van der Waals surface area (Å²) < 4.78 is 5.81. The molecule has 0 fully saturated rings. The van der Waals surface area contributed by atoms with Gasteiger partial charge in [0.05, 0.1) is 16.6 Å². The van der Waals surface area contributed by atoms with Gasteiger partial charge in [-0.15, -0.1) is 0 Å². The van der Waals surface area contributed by atoms with Crippen LogP contribution in [0.3, 0.4) is 0 Å². The van der Waals surface area contributed by atoms with Crippen LogP contribution in [0.5, 0.6) is 0 Å². The minimum absolute atomic E-state index is 0.0525. The van der Waals surface area contributed by atoms with Crippen LogP contribution in [0.4, 0.5) is 5.88 Å². The number of hydrogen-bond acceptors (Lipinski definition) is 6. The molecule has 0 bridgehead atoms. The predicted molar refractivity (Wildman–Crippen MR) is 122 cm³/mol. The standard InChI is InChI=1S/C25H24N4O2/c1-15-10-19-22(11-16(15)2)31-24(26)20(23(19)30)14-29-9-8-21-18(13-29)12-27-25(28-21)17-6-4-3-5-7-17/h3-7,10-12H,8-9,13-14,26H2,1-2H3. The highest BCUT2D eigenvalue weighted by Gasteiger charge is 2.22. The zero-order valence-corrected chi connectivity index (χ0v) is 17.7. The van der Waals surface area contributed by atoms with Crippen LogP contribution in [0.1, 0.15) is 27.9 Å². The normalized spacial score (nSPS) is 14.0. The third-order valence-electron chi connectivity index (χ3n) is 6.06. The van der Waals surface area contributed by atoms with Crippen LogP contribution in [0.25, 0.3) is 22.4 Å². The maximum atomic E-state index is 13.1. The summed E-state index contributed by atoms with van der Waals surface area (Å²) in [6.07, 6.45) is 2.70. The summed E-state index contributed by atoms with van der Waals surface area (Å²) in [4.78, 5) is 24.7. The number of aromatic nitrogens is 2. The van der Waals surface area contributed by atoms with Crippen molar-refractivity contribution in [2.24, 2.45) is 0 Å². The van der Waals surface area contributed by atoms with Crippen molar-refractivity contribution in [2.45, 2.75) is 33.4 Å². The topological polar surface area (TPSA) is 85.2 Å². The number of fused-ring (bicyclic) bond motifs is 2. The Kier molecular flexibility index (Phi) is 4.79. The largest absolute Gasteiger partial charge is 0.440 e. The van der Waals surface area contributed by atoms with Gasteiger partial charge in [0.2, 0.25) is 0 Å². The molecule has 2 aromatic heterocycles. The smallest absolute Gasteiger partial charge is 0.199 e. The number of anilines is 1. The van der Waals surface area contributed by atoms with Crippen molar-refractivity contribution < 1.29 is 4.42 Å². The fraction of sp³-hybridized carbons (Fsp3) is 0.240. The highest BCUT2D eigenvalue weighted by molar-refractivity contribution is 5.80. The second kappa shape index (κ2) is 7.63. The number of aryl methyl sites for hydroxylation is 2. The molecule has 0 spiro atoms. The summed E-state index contributed by atoms with van der Waals surface area (Å²) in [5.41, 5.74) is 12.5. The molecule has 0 aliphatic carbocycles. The summed E-state index contributed by atoms with van der Waals surface area (Å²) in [6.45, 7) is 5.90. The van der Waals surface area contributed by atoms with Gasteiger partial charge in [-0.3, -0.25) is 9.69 Å². The molecular formula is C25H24N4O2. The van der Waals surface area contributed by atoms with E-state index in [4.69, 9.17) is 15.1 Å². The maximum absolute atomic E-state index is 13.1. The van der Waals surface area contributed by atoms with Gasteiger partial charge in [-0.05, 0) is 37.1 Å². The molecule has 1 aliphatic heterocycles. The minimum atomic E-state index is -0.0525. The molecule has 5 rings (SSSR count). The molecule has 0 saturated heterocycles. The van der Waals surface area contributed by atoms with Crippen LogP contribution in [0.15, 0.2) is 57.9 Å². The van der Waals surface area contributed by atoms with E-state index in [0.717, 1.165) is 46.7 Å². The molecule has 0 radical (unpaired) electrons. The number of rotatable bonds is 3. The SMILES string of the molecule is Cc1cc2oc(N)c(CN3CCc4nc(-c5ccccc5)ncc4C3)c(=O)c2cc1C. The summed E-state index contributed by atoms with van der Waals surface area (Å²) in [6, 6.07) is 13.8. The summed E-state index contributed by atoms with van der Waals surface area (Å²) in [7, 11) is 0. The summed E-state index contributed by atoms with van der Waals surface area (Å²) in [5.74, 6) is 0.945. The first-order valence-electron chi connectivity index (χ1n) is 10.4. The zero-order chi connectivity index (χ0) is 21.5. The quantitative estimate of drug-likeness (QED) is 0.547. The Bertz CT molecular complexity index is 1350. The number of benzene rings is 2. The lowest BCUT2D eigenvalue weighted by Crippen LogP contribution is -2.33. The molecule has 0 unspecified atom stereocenters. The van der Waals surface area contributed by atoms with Crippen LogP contribution < -0.4 is 11.2 Å². The van der Waals surface area contributed by atoms with Crippen molar-refractivity contribution in [3.8, 4) is 11.4 Å². The van der Waals surface area contributed by atoms with Crippen molar-refractivity contribution in [3.05, 3.63) is 86.8 Å². The second-order valence-corrected chi connectivity index (χ2v) is 8.20. The van der Waals surface area contributed by atoms with Crippen LogP contribution in [0, 0.1) is 13.8 Å². The van der Waals surface area contributed by atoms with Crippen molar-refractivity contribution in [2.75, 3.05) is 12.3 Å². The lowest BCUT2D eigenvalue weighted by Gasteiger charge is -2.28. The van der Waals surface area contributed by atoms with Gasteiger partial charge in [-0.2, -0.15) is 0 Å². The van der Waals surface area contributed by atoms with Gasteiger partial charge in [0.1, 0.15) is 5.58 Å². The summed E-state index contributed by atoms with van der Waals surface area (Å²) >= 11 is 0. The Hall–Kier alpha value is -3.51. The number of nitrogens with zero attached hydrogens (tertiary/aromatic N) is 3. The fourth-order valence-electron chi connectivity index (χ4n) is 4.12. The molecule has 31 heavy (non-hydrogen) atoms. The van der Waals surface area contributed by atoms with E-state index in [1.165, 1.54) is 0 Å². The third-order valence-corrected chi connectivity index (χ3v) is 6.06. The molecule has 4 aromatic rings. The highest BCUT2D eigenvalue weighted by atomic mass is 16.3. The van der Waals surface area contributed by atoms with E-state index in [-0.39, 0.29) is 11.3 Å². The average Bonchev–Trinajstić information content (AvgIpc) is 2.78. The van der Waals surface area contributed by atoms with Gasteiger partial charge in [-0.1, -0.05) is 30.3 Å². The molecule has 0 amide bonds. The molecule has 6 nitrogen and oxygen atoms in total. The van der Waals surface area contributed by atoms with Crippen molar-refractivity contribution in [3.63, 3.8) is 0 Å². The minimum Gasteiger partial charge on any atom is -0.440 e. The Balaban J connectivity index is 1.42. The molecular weight excluding hydrogens is 388 g/mol. The monoisotopic (exact) mass is 412 g/mol. The van der Waals surface area contributed by atoms with Crippen LogP contribution in [-0.4, -0.2) is 21.4 Å². The Labute approximate surface area is 180 Å². The first-order chi connectivity index (χ1) is 15.0. The van der Waals surface area contributed by atoms with Crippen LogP contribution >= 0.6 is 0 Å². The number of nitrogens with two attached hydrogens (primary N) is 1. The lowest BCUT2D eigenvalue weighted by atomic mass is 10.0. The molecule has 1 aliphatic rings. The van der Waals surface area contributed by atoms with Gasteiger partial charge >= 0.3 is 0 Å². The number of nitrogen functional groups attached to an aromatic ring is 1. The molecule has 2 aromatic carbocycles. The van der Waals surface area contributed by atoms with Crippen molar-refractivity contribution in [1.82, 2.24) is 14.9 Å². The molecule has 0 saturated carbocycles. The van der Waals surface area contributed by atoms with E-state index in [1.807, 2.05) is 62.5 Å². The van der Waals surface area contributed by atoms with E-state index < -0.39 is 0 Å².